The van der Waals surface area contributed by atoms with Gasteiger partial charge in [0.05, 0.1) is 0 Å². The van der Waals surface area contributed by atoms with E-state index in [0.717, 1.165) is 0 Å². The van der Waals surface area contributed by atoms with Crippen molar-refractivity contribution < 1.29 is 19.1 Å². The molecule has 0 fully saturated rings. The van der Waals surface area contributed by atoms with E-state index < -0.39 is 19.8 Å². The predicted octanol–water partition coefficient (Wildman–Crippen LogP) is 1.57. The number of ether oxygens (including phenoxy) is 2. The van der Waals surface area contributed by atoms with Crippen molar-refractivity contribution in [2.75, 3.05) is 13.8 Å². The van der Waals surface area contributed by atoms with E-state index in [-0.39, 0.29) is 13.2 Å². The molecule has 0 saturated heterocycles. The smallest absolute Gasteiger partial charge is 0.231 e. The van der Waals surface area contributed by atoms with Crippen molar-refractivity contribution in [2.24, 2.45) is 0 Å². The zero-order valence-electron chi connectivity index (χ0n) is 14.5. The molecule has 1 aliphatic heterocycles. The molecule has 0 saturated carbocycles. The van der Waals surface area contributed by atoms with E-state index in [1.54, 1.807) is 18.2 Å². The van der Waals surface area contributed by atoms with Crippen LogP contribution in [0.15, 0.2) is 18.2 Å². The molecule has 1 aromatic rings. The summed E-state index contributed by atoms with van der Waals surface area (Å²) in [6.07, 6.45) is -0.307. The number of likely N-dealkylation sites (N-methyl/N-ethyl adjacent to an activating group) is 1. The lowest BCUT2D eigenvalue weighted by Gasteiger charge is -2.09. The number of fused-ring (bicyclic) bond motifs is 1. The van der Waals surface area contributed by atoms with Gasteiger partial charge in [-0.15, -0.1) is 0 Å². The van der Waals surface area contributed by atoms with E-state index >= 15 is 0 Å². The quantitative estimate of drug-likeness (QED) is 0.803. The number of hydrogen-bond acceptors (Lipinski definition) is 3. The van der Waals surface area contributed by atoms with Crippen LogP contribution in [0.25, 0.3) is 0 Å². The molecule has 0 spiro atoms. The normalized spacial score (nSPS) is 27.0. The van der Waals surface area contributed by atoms with Gasteiger partial charge in [0.25, 0.3) is 0 Å². The molecule has 3 nitrogen and oxygen atoms in total. The third kappa shape index (κ3) is 1.82. The molecule has 1 N–H and O–H groups in total. The molecule has 0 radical (unpaired) electrons. The van der Waals surface area contributed by atoms with Crippen molar-refractivity contribution in [3.8, 4) is 11.5 Å². The van der Waals surface area contributed by atoms with Crippen LogP contribution in [0.3, 0.4) is 0 Å². The Bertz CT molecular complexity index is 528. The standard InChI is InChI=1S/C11H15NO2/c1-8(12-2)5-9-3-4-10-11(6-9)14-7-13-10/h3-4,6,8,12H,5,7H2,1-2H3/i1D3,2D3,8D. The lowest BCUT2D eigenvalue weighted by atomic mass is 10.1. The molecule has 1 atom stereocenters. The van der Waals surface area contributed by atoms with Gasteiger partial charge in [0, 0.05) is 15.6 Å². The topological polar surface area (TPSA) is 30.5 Å². The van der Waals surface area contributed by atoms with E-state index in [0.29, 0.717) is 17.1 Å². The maximum absolute atomic E-state index is 8.06. The molecule has 14 heavy (non-hydrogen) atoms. The molecule has 0 aliphatic carbocycles. The zero-order chi connectivity index (χ0) is 15.9. The molecule has 2 rings (SSSR count). The Kier molecular flexibility index (Phi) is 1.14. The molecule has 1 unspecified atom stereocenters. The van der Waals surface area contributed by atoms with E-state index in [1.807, 2.05) is 5.32 Å². The number of hydrogen-bond donors (Lipinski definition) is 1. The van der Waals surface area contributed by atoms with Crippen LogP contribution in [0.2, 0.25) is 0 Å². The van der Waals surface area contributed by atoms with Crippen molar-refractivity contribution in [1.82, 2.24) is 5.32 Å². The van der Waals surface area contributed by atoms with Gasteiger partial charge < -0.3 is 14.8 Å². The third-order valence-corrected chi connectivity index (χ3v) is 1.97. The second kappa shape index (κ2) is 3.88. The Labute approximate surface area is 93.9 Å². The Hall–Kier alpha value is -1.22. The van der Waals surface area contributed by atoms with Crippen molar-refractivity contribution in [2.45, 2.75) is 19.3 Å². The van der Waals surface area contributed by atoms with Gasteiger partial charge in [0.15, 0.2) is 11.5 Å². The summed E-state index contributed by atoms with van der Waals surface area (Å²) in [5, 5.41) is 1.92. The van der Waals surface area contributed by atoms with Gasteiger partial charge in [-0.1, -0.05) is 6.07 Å². The van der Waals surface area contributed by atoms with Crippen LogP contribution in [-0.2, 0) is 6.42 Å². The molecular weight excluding hydrogens is 178 g/mol. The van der Waals surface area contributed by atoms with Crippen LogP contribution in [0, 0.1) is 0 Å². The number of benzene rings is 1. The van der Waals surface area contributed by atoms with Crippen LogP contribution in [-0.4, -0.2) is 19.8 Å². The molecule has 3 heteroatoms. The van der Waals surface area contributed by atoms with E-state index in [4.69, 9.17) is 19.1 Å². The first-order valence-corrected chi connectivity index (χ1v) is 4.18. The monoisotopic (exact) mass is 200 g/mol. The van der Waals surface area contributed by atoms with Crippen molar-refractivity contribution in [3.63, 3.8) is 0 Å². The molecule has 0 aromatic heterocycles. The summed E-state index contributed by atoms with van der Waals surface area (Å²) in [5.41, 5.74) is 0.474. The predicted molar refractivity (Wildman–Crippen MR) is 54.8 cm³/mol. The number of rotatable bonds is 3. The summed E-state index contributed by atoms with van der Waals surface area (Å²) < 4.78 is 62.2. The highest BCUT2D eigenvalue weighted by atomic mass is 16.7. The largest absolute Gasteiger partial charge is 0.454 e. The first kappa shape index (κ1) is 4.11. The SMILES string of the molecule is [2H]C([2H])([2H])NC([2H])(Cc1ccc2c(c1)OCO2)C([2H])([2H])[2H]. The van der Waals surface area contributed by atoms with Gasteiger partial charge in [0.1, 0.15) is 0 Å². The van der Waals surface area contributed by atoms with Crippen molar-refractivity contribution >= 4 is 0 Å². The molecular formula is C11H15NO2. The summed E-state index contributed by atoms with van der Waals surface area (Å²) in [4.78, 5) is 0. The Balaban J connectivity index is 2.27. The Morgan fingerprint density at radius 3 is 3.36 bits per heavy atom. The average molecular weight is 200 g/mol. The van der Waals surface area contributed by atoms with Crippen molar-refractivity contribution in [1.29, 1.82) is 0 Å². The first-order chi connectivity index (χ1) is 9.50. The van der Waals surface area contributed by atoms with E-state index in [2.05, 4.69) is 0 Å². The second-order valence-electron chi connectivity index (χ2n) is 2.97. The van der Waals surface area contributed by atoms with Crippen LogP contribution >= 0.6 is 0 Å². The summed E-state index contributed by atoms with van der Waals surface area (Å²) in [5.74, 6) is 0.987. The highest BCUT2D eigenvalue weighted by Gasteiger charge is 2.13. The maximum Gasteiger partial charge on any atom is 0.231 e. The van der Waals surface area contributed by atoms with Crippen LogP contribution in [0.1, 0.15) is 22.0 Å². The van der Waals surface area contributed by atoms with Gasteiger partial charge in [0.2, 0.25) is 6.79 Å². The fourth-order valence-corrected chi connectivity index (χ4v) is 1.30. The third-order valence-electron chi connectivity index (χ3n) is 1.97. The van der Waals surface area contributed by atoms with Crippen LogP contribution in [0.5, 0.6) is 11.5 Å². The molecule has 0 bridgehead atoms. The summed E-state index contributed by atoms with van der Waals surface area (Å²) in [7, 11) is 0. The summed E-state index contributed by atoms with van der Waals surface area (Å²) in [6.45, 7) is -5.46. The minimum Gasteiger partial charge on any atom is -0.454 e. The second-order valence-corrected chi connectivity index (χ2v) is 2.97. The molecule has 1 heterocycles. The van der Waals surface area contributed by atoms with Crippen LogP contribution < -0.4 is 14.8 Å². The van der Waals surface area contributed by atoms with Crippen LogP contribution in [0.4, 0.5) is 0 Å². The molecule has 1 aromatic carbocycles. The van der Waals surface area contributed by atoms with Crippen molar-refractivity contribution in [3.05, 3.63) is 23.8 Å². The van der Waals surface area contributed by atoms with E-state index in [1.165, 1.54) is 0 Å². The highest BCUT2D eigenvalue weighted by Crippen LogP contribution is 2.32. The Morgan fingerprint density at radius 1 is 1.57 bits per heavy atom. The molecule has 0 amide bonds. The number of nitrogens with one attached hydrogen (secondary N) is 1. The van der Waals surface area contributed by atoms with E-state index in [9.17, 15) is 0 Å². The van der Waals surface area contributed by atoms with Gasteiger partial charge in [-0.05, 0) is 37.9 Å². The molecule has 76 valence electrons. The minimum atomic E-state index is -2.81. The lowest BCUT2D eigenvalue weighted by molar-refractivity contribution is 0.174. The fourth-order valence-electron chi connectivity index (χ4n) is 1.30. The van der Waals surface area contributed by atoms with Gasteiger partial charge in [-0.2, -0.15) is 0 Å². The van der Waals surface area contributed by atoms with Gasteiger partial charge in [-0.25, -0.2) is 0 Å². The minimum absolute atomic E-state index is 0.0809. The first-order valence-electron chi connectivity index (χ1n) is 7.68. The summed E-state index contributed by atoms with van der Waals surface area (Å²) >= 11 is 0. The highest BCUT2D eigenvalue weighted by molar-refractivity contribution is 5.44. The summed E-state index contributed by atoms with van der Waals surface area (Å²) in [6, 6.07) is 2.42. The molecule has 1 aliphatic rings. The van der Waals surface area contributed by atoms with Gasteiger partial charge >= 0.3 is 0 Å². The maximum atomic E-state index is 8.06. The van der Waals surface area contributed by atoms with Gasteiger partial charge in [-0.3, -0.25) is 0 Å². The zero-order valence-corrected chi connectivity index (χ0v) is 7.46. The fraction of sp³-hybridized carbons (Fsp3) is 0.455. The average Bonchev–Trinajstić information content (AvgIpc) is 2.71. The lowest BCUT2D eigenvalue weighted by Crippen LogP contribution is -2.23. The Morgan fingerprint density at radius 2 is 2.50 bits per heavy atom.